The smallest absolute Gasteiger partial charge is 0.316 e. The highest BCUT2D eigenvalue weighted by Gasteiger charge is 2.15. The van der Waals surface area contributed by atoms with Crippen LogP contribution in [0.15, 0.2) is 11.8 Å². The Hall–Kier alpha value is -1.32. The molecule has 1 radical (unpaired) electrons. The summed E-state index contributed by atoms with van der Waals surface area (Å²) in [6.07, 6.45) is 1.53. The van der Waals surface area contributed by atoms with Gasteiger partial charge in [-0.1, -0.05) is 0 Å². The number of carbonyl (C=O) groups excluding carboxylic acids is 1. The van der Waals surface area contributed by atoms with Gasteiger partial charge in [-0.15, -0.1) is 0 Å². The summed E-state index contributed by atoms with van der Waals surface area (Å²) in [7, 11) is 0. The second-order valence-electron chi connectivity index (χ2n) is 1.77. The average molecular weight is 125 g/mol. The summed E-state index contributed by atoms with van der Waals surface area (Å²) >= 11 is 0. The van der Waals surface area contributed by atoms with E-state index in [1.54, 1.807) is 6.92 Å². The predicted octanol–water partition coefficient (Wildman–Crippen LogP) is -0.694. The number of hydrogen-bond acceptors (Lipinski definition) is 2. The Morgan fingerprint density at radius 3 is 2.89 bits per heavy atom. The highest BCUT2D eigenvalue weighted by atomic mass is 16.2. The molecule has 1 heterocycles. The third kappa shape index (κ3) is 1.07. The van der Waals surface area contributed by atoms with E-state index in [9.17, 15) is 4.79 Å². The van der Waals surface area contributed by atoms with Crippen molar-refractivity contribution in [3.05, 3.63) is 11.8 Å². The van der Waals surface area contributed by atoms with Crippen molar-refractivity contribution in [2.45, 2.75) is 6.92 Å². The molecule has 1 aliphatic heterocycles. The van der Waals surface area contributed by atoms with Gasteiger partial charge in [0, 0.05) is 0 Å². The molecule has 0 atom stereocenters. The fourth-order valence-corrected chi connectivity index (χ4v) is 0.474. The topological polar surface area (TPSA) is 69.2 Å². The molecule has 0 saturated heterocycles. The molecule has 4 nitrogen and oxygen atoms in total. The molecule has 9 heavy (non-hydrogen) atoms. The summed E-state index contributed by atoms with van der Waals surface area (Å²) in [5.74, 6) is 0.291. The number of urea groups is 1. The van der Waals surface area contributed by atoms with Gasteiger partial charge < -0.3 is 5.73 Å². The van der Waals surface area contributed by atoms with Gasteiger partial charge in [0.15, 0.2) is 0 Å². The Morgan fingerprint density at radius 1 is 1.78 bits per heavy atom. The number of nitrogens with one attached hydrogen (secondary N) is 1. The first-order chi connectivity index (χ1) is 4.20. The maximum Gasteiger partial charge on any atom is 0.475 e. The first-order valence-electron chi connectivity index (χ1n) is 2.52. The number of amidine groups is 1. The van der Waals surface area contributed by atoms with E-state index >= 15 is 0 Å². The summed E-state index contributed by atoms with van der Waals surface area (Å²) in [5.41, 5.74) is 6.08. The second-order valence-corrected chi connectivity index (χ2v) is 1.77. The van der Waals surface area contributed by atoms with Crippen LogP contribution in [0.5, 0.6) is 0 Å². The van der Waals surface area contributed by atoms with Crippen molar-refractivity contribution in [1.29, 1.82) is 0 Å². The number of nitrogens with two attached hydrogens (primary N) is 1. The van der Waals surface area contributed by atoms with Crippen molar-refractivity contribution in [3.8, 4) is 0 Å². The normalized spacial score (nSPS) is 18.1. The first kappa shape index (κ1) is 5.81. The van der Waals surface area contributed by atoms with Crippen molar-refractivity contribution in [2.24, 2.45) is 5.73 Å². The number of aliphatic imine (C=N–C) groups is 1. The van der Waals surface area contributed by atoms with Gasteiger partial charge in [-0.25, -0.2) is 10.1 Å². The zero-order valence-electron chi connectivity index (χ0n) is 5.01. The van der Waals surface area contributed by atoms with Crippen LogP contribution in [-0.4, -0.2) is 11.9 Å². The van der Waals surface area contributed by atoms with Gasteiger partial charge in [-0.3, -0.25) is 0 Å². The lowest BCUT2D eigenvalue weighted by Crippen LogP contribution is -2.34. The van der Waals surface area contributed by atoms with E-state index in [4.69, 9.17) is 5.73 Å². The molecular weight excluding hydrogens is 118 g/mol. The standard InChI is InChI=1S/C5H7N3O/c1-3-2-7-5(9)8-4(3)6/h2H,1H3,(H3,6,7,9)/q+1. The molecule has 0 aliphatic carbocycles. The van der Waals surface area contributed by atoms with Crippen molar-refractivity contribution < 1.29 is 4.79 Å². The zero-order chi connectivity index (χ0) is 6.85. The predicted molar refractivity (Wildman–Crippen MR) is 33.6 cm³/mol. The molecule has 2 amide bonds. The van der Waals surface area contributed by atoms with E-state index in [1.165, 1.54) is 6.20 Å². The minimum absolute atomic E-state index is 0.291. The summed E-state index contributed by atoms with van der Waals surface area (Å²) in [5, 5.41) is 2.39. The zero-order valence-corrected chi connectivity index (χ0v) is 5.01. The fourth-order valence-electron chi connectivity index (χ4n) is 0.474. The molecule has 1 rings (SSSR count). The summed E-state index contributed by atoms with van der Waals surface area (Å²) in [6, 6.07) is -0.405. The summed E-state index contributed by atoms with van der Waals surface area (Å²) < 4.78 is 0. The third-order valence-corrected chi connectivity index (χ3v) is 1.04. The first-order valence-corrected chi connectivity index (χ1v) is 2.52. The molecular formula is C5H7N3O+. The largest absolute Gasteiger partial charge is 0.475 e. The van der Waals surface area contributed by atoms with Crippen LogP contribution in [-0.2, 0) is 0 Å². The number of rotatable bonds is 0. The van der Waals surface area contributed by atoms with Crippen LogP contribution in [0.2, 0.25) is 0 Å². The minimum atomic E-state index is -0.405. The molecule has 0 saturated carbocycles. The third-order valence-electron chi connectivity index (χ3n) is 1.04. The highest BCUT2D eigenvalue weighted by molar-refractivity contribution is 6.03. The molecule has 3 N–H and O–H groups in total. The van der Waals surface area contributed by atoms with E-state index in [-0.39, 0.29) is 0 Å². The van der Waals surface area contributed by atoms with Crippen molar-refractivity contribution in [1.82, 2.24) is 10.3 Å². The number of hydrogen-bond donors (Lipinski definition) is 2. The number of amides is 2. The van der Waals surface area contributed by atoms with Gasteiger partial charge >= 0.3 is 6.03 Å². The number of nitrogens with zero attached hydrogens (tertiary/aromatic N) is 1. The van der Waals surface area contributed by atoms with Crippen LogP contribution in [0, 0.1) is 0 Å². The summed E-state index contributed by atoms with van der Waals surface area (Å²) in [4.78, 5) is 13.8. The van der Waals surface area contributed by atoms with Gasteiger partial charge in [-0.2, -0.15) is 0 Å². The van der Waals surface area contributed by atoms with Gasteiger partial charge in [0.25, 0.3) is 5.84 Å². The van der Waals surface area contributed by atoms with E-state index in [2.05, 4.69) is 10.3 Å². The minimum Gasteiger partial charge on any atom is -0.316 e. The van der Waals surface area contributed by atoms with Crippen molar-refractivity contribution >= 4 is 11.9 Å². The highest BCUT2D eigenvalue weighted by Crippen LogP contribution is 1.90. The maximum absolute atomic E-state index is 10.4. The van der Waals surface area contributed by atoms with Gasteiger partial charge in [0.2, 0.25) is 0 Å². The van der Waals surface area contributed by atoms with Crippen LogP contribution >= 0.6 is 0 Å². The molecule has 47 valence electrons. The fraction of sp³-hybridized carbons (Fsp3) is 0.200. The van der Waals surface area contributed by atoms with E-state index < -0.39 is 6.03 Å². The molecule has 4 heteroatoms. The Kier molecular flexibility index (Phi) is 1.22. The molecule has 0 aromatic rings. The maximum atomic E-state index is 10.4. The quantitative estimate of drug-likeness (QED) is 0.449. The van der Waals surface area contributed by atoms with Gasteiger partial charge in [0.1, 0.15) is 0 Å². The molecule has 1 aliphatic rings. The molecule has 0 aromatic carbocycles. The lowest BCUT2D eigenvalue weighted by Gasteiger charge is -1.96. The Bertz CT molecular complexity index is 204. The Labute approximate surface area is 52.5 Å². The number of carbonyl (C=O) groups is 1. The van der Waals surface area contributed by atoms with E-state index in [0.717, 1.165) is 5.57 Å². The van der Waals surface area contributed by atoms with E-state index in [1.807, 2.05) is 0 Å². The van der Waals surface area contributed by atoms with Gasteiger partial charge in [0.05, 0.1) is 11.8 Å². The SMILES string of the molecule is CC1=CNC(=O)[N+]=C1N. The van der Waals surface area contributed by atoms with Gasteiger partial charge in [-0.05, 0) is 11.9 Å². The second kappa shape index (κ2) is 1.89. The Morgan fingerprint density at radius 2 is 2.44 bits per heavy atom. The van der Waals surface area contributed by atoms with Crippen molar-refractivity contribution in [3.63, 3.8) is 0 Å². The molecule has 0 aromatic heterocycles. The lowest BCUT2D eigenvalue weighted by molar-refractivity contribution is 0.249. The Balaban J connectivity index is 2.87. The molecule has 0 fully saturated rings. The van der Waals surface area contributed by atoms with Crippen LogP contribution in [0.3, 0.4) is 0 Å². The lowest BCUT2D eigenvalue weighted by atomic mass is 10.3. The molecule has 0 bridgehead atoms. The van der Waals surface area contributed by atoms with Crippen LogP contribution in [0.1, 0.15) is 6.92 Å². The van der Waals surface area contributed by atoms with Crippen LogP contribution in [0.4, 0.5) is 4.79 Å². The van der Waals surface area contributed by atoms with E-state index in [0.29, 0.717) is 5.84 Å². The summed E-state index contributed by atoms with van der Waals surface area (Å²) in [6.45, 7) is 1.78. The van der Waals surface area contributed by atoms with Crippen LogP contribution < -0.4 is 16.0 Å². The van der Waals surface area contributed by atoms with Crippen molar-refractivity contribution in [2.75, 3.05) is 0 Å². The monoisotopic (exact) mass is 125 g/mol. The molecule has 0 unspecified atom stereocenters. The molecule has 0 spiro atoms. The average Bonchev–Trinajstić information content (AvgIpc) is 1.80. The van der Waals surface area contributed by atoms with Crippen LogP contribution in [0.25, 0.3) is 0 Å².